The van der Waals surface area contributed by atoms with Crippen molar-refractivity contribution in [1.29, 1.82) is 5.26 Å². The first-order valence-corrected chi connectivity index (χ1v) is 7.42. The largest absolute Gasteiger partial charge is 0.489 e. The minimum atomic E-state index is -3.33. The van der Waals surface area contributed by atoms with Gasteiger partial charge in [-0.1, -0.05) is 0 Å². The molecule has 0 unspecified atom stereocenters. The zero-order valence-electron chi connectivity index (χ0n) is 10.1. The molecule has 0 bridgehead atoms. The van der Waals surface area contributed by atoms with Crippen LogP contribution in [0.25, 0.3) is 0 Å². The van der Waals surface area contributed by atoms with Gasteiger partial charge in [0.1, 0.15) is 17.8 Å². The van der Waals surface area contributed by atoms with Gasteiger partial charge in [-0.25, -0.2) is 17.2 Å². The minimum Gasteiger partial charge on any atom is -0.489 e. The zero-order chi connectivity index (χ0) is 14.3. The minimum absolute atomic E-state index is 0.172. The zero-order valence-corrected chi connectivity index (χ0v) is 10.9. The number of nitriles is 1. The molecule has 0 aliphatic heterocycles. The van der Waals surface area contributed by atoms with E-state index in [1.165, 1.54) is 0 Å². The summed E-state index contributed by atoms with van der Waals surface area (Å²) in [5, 5.41) is 8.25. The van der Waals surface area contributed by atoms with Crippen LogP contribution in [0, 0.1) is 28.4 Å². The lowest BCUT2D eigenvalue weighted by molar-refractivity contribution is 0.256. The number of sulfone groups is 1. The lowest BCUT2D eigenvalue weighted by Gasteiger charge is -2.11. The summed E-state index contributed by atoms with van der Waals surface area (Å²) in [4.78, 5) is 0. The Morgan fingerprint density at radius 1 is 1.53 bits per heavy atom. The molecule has 1 aromatic carbocycles. The highest BCUT2D eigenvalue weighted by molar-refractivity contribution is 7.91. The van der Waals surface area contributed by atoms with Crippen molar-refractivity contribution in [3.05, 3.63) is 29.8 Å². The number of benzene rings is 1. The third-order valence-electron chi connectivity index (χ3n) is 3.12. The van der Waals surface area contributed by atoms with Crippen LogP contribution in [-0.2, 0) is 9.84 Å². The number of hydrogen-bond donors (Lipinski definition) is 0. The van der Waals surface area contributed by atoms with Crippen LogP contribution >= 0.6 is 0 Å². The van der Waals surface area contributed by atoms with Crippen LogP contribution in [0.1, 0.15) is 6.42 Å². The van der Waals surface area contributed by atoms with Crippen molar-refractivity contribution in [3.63, 3.8) is 0 Å². The normalized spacial score (nSPS) is 25.7. The van der Waals surface area contributed by atoms with Crippen LogP contribution in [0.3, 0.4) is 0 Å². The van der Waals surface area contributed by atoms with E-state index in [2.05, 4.69) is 0 Å². The summed E-state index contributed by atoms with van der Waals surface area (Å²) in [6.45, 7) is -0.232. The Hall–Kier alpha value is -1.68. The van der Waals surface area contributed by atoms with E-state index in [1.807, 2.05) is 6.07 Å². The van der Waals surface area contributed by atoms with E-state index >= 15 is 0 Å². The van der Waals surface area contributed by atoms with E-state index in [0.717, 1.165) is 18.4 Å². The number of hydrogen-bond acceptors (Lipinski definition) is 4. The molecule has 7 heteroatoms. The molecule has 1 aliphatic carbocycles. The predicted octanol–water partition coefficient (Wildman–Crippen LogP) is 1.67. The quantitative estimate of drug-likeness (QED) is 0.845. The van der Waals surface area contributed by atoms with Gasteiger partial charge < -0.3 is 4.74 Å². The maximum absolute atomic E-state index is 13.3. The molecule has 0 saturated heterocycles. The molecule has 0 radical (unpaired) electrons. The van der Waals surface area contributed by atoms with Crippen LogP contribution in [-0.4, -0.2) is 26.5 Å². The first kappa shape index (κ1) is 13.7. The highest BCUT2D eigenvalue weighted by Gasteiger charge is 2.61. The van der Waals surface area contributed by atoms with E-state index in [-0.39, 0.29) is 18.8 Å². The lowest BCUT2D eigenvalue weighted by Crippen LogP contribution is -2.20. The molecule has 0 N–H and O–H groups in total. The van der Waals surface area contributed by atoms with Gasteiger partial charge in [0.25, 0.3) is 0 Å². The molecule has 2 rings (SSSR count). The fourth-order valence-electron chi connectivity index (χ4n) is 1.93. The van der Waals surface area contributed by atoms with Gasteiger partial charge in [0.05, 0.1) is 11.3 Å². The number of ether oxygens (including phenoxy) is 1. The van der Waals surface area contributed by atoms with Crippen molar-refractivity contribution in [2.75, 3.05) is 12.9 Å². The first-order chi connectivity index (χ1) is 8.78. The van der Waals surface area contributed by atoms with Gasteiger partial charge in [-0.2, -0.15) is 5.26 Å². The Balaban J connectivity index is 2.09. The average molecular weight is 287 g/mol. The molecule has 0 aromatic heterocycles. The van der Waals surface area contributed by atoms with E-state index < -0.39 is 32.1 Å². The lowest BCUT2D eigenvalue weighted by atomic mass is 10.1. The average Bonchev–Trinajstić information content (AvgIpc) is 3.03. The third-order valence-corrected chi connectivity index (χ3v) is 4.78. The Morgan fingerprint density at radius 3 is 2.68 bits per heavy atom. The number of halogens is 2. The Labute approximate surface area is 109 Å². The van der Waals surface area contributed by atoms with E-state index in [4.69, 9.17) is 10.00 Å². The summed E-state index contributed by atoms with van der Waals surface area (Å²) in [6.07, 6.45) is 1.22. The summed E-state index contributed by atoms with van der Waals surface area (Å²) in [6, 6.07) is 4.70. The topological polar surface area (TPSA) is 67.2 Å². The number of rotatable bonds is 4. The Morgan fingerprint density at radius 2 is 2.21 bits per heavy atom. The fraction of sp³-hybridized carbons (Fsp3) is 0.417. The second kappa shape index (κ2) is 4.46. The predicted molar refractivity (Wildman–Crippen MR) is 63.1 cm³/mol. The van der Waals surface area contributed by atoms with Gasteiger partial charge in [-0.05, 0) is 18.6 Å². The van der Waals surface area contributed by atoms with Crippen molar-refractivity contribution < 1.29 is 21.9 Å². The summed E-state index contributed by atoms with van der Waals surface area (Å²) < 4.78 is 53.8. The summed E-state index contributed by atoms with van der Waals surface area (Å²) in [7, 11) is -3.33. The molecule has 19 heavy (non-hydrogen) atoms. The SMILES string of the molecule is CS(=O)(=O)[C@@H]1C[C@@]1(C#N)COc1ccc(F)cc1F. The molecule has 0 spiro atoms. The molecule has 0 heterocycles. The van der Waals surface area contributed by atoms with Crippen molar-refractivity contribution in [2.24, 2.45) is 5.41 Å². The van der Waals surface area contributed by atoms with Crippen LogP contribution in [0.5, 0.6) is 5.75 Å². The Bertz CT molecular complexity index is 653. The van der Waals surface area contributed by atoms with Gasteiger partial charge in [0.15, 0.2) is 21.4 Å². The molecule has 1 fully saturated rings. The van der Waals surface area contributed by atoms with E-state index in [0.29, 0.717) is 6.07 Å². The van der Waals surface area contributed by atoms with Crippen molar-refractivity contribution in [2.45, 2.75) is 11.7 Å². The standard InChI is InChI=1S/C12H11F2NO3S/c1-19(16,17)11-5-12(11,6-15)7-18-10-3-2-8(13)4-9(10)14/h2-4,11H,5,7H2,1H3/t11-,12-/m1/s1. The summed E-state index contributed by atoms with van der Waals surface area (Å²) in [5.41, 5.74) is -1.13. The van der Waals surface area contributed by atoms with Crippen LogP contribution in [0.2, 0.25) is 0 Å². The van der Waals surface area contributed by atoms with Crippen molar-refractivity contribution >= 4 is 9.84 Å². The van der Waals surface area contributed by atoms with Gasteiger partial charge >= 0.3 is 0 Å². The van der Waals surface area contributed by atoms with Crippen molar-refractivity contribution in [3.8, 4) is 11.8 Å². The second-order valence-corrected chi connectivity index (χ2v) is 6.88. The third kappa shape index (κ3) is 2.68. The summed E-state index contributed by atoms with van der Waals surface area (Å²) in [5.74, 6) is -1.82. The van der Waals surface area contributed by atoms with Crippen LogP contribution < -0.4 is 4.74 Å². The second-order valence-electron chi connectivity index (χ2n) is 4.65. The first-order valence-electron chi connectivity index (χ1n) is 5.46. The summed E-state index contributed by atoms with van der Waals surface area (Å²) >= 11 is 0. The highest BCUT2D eigenvalue weighted by atomic mass is 32.2. The van der Waals surface area contributed by atoms with E-state index in [1.54, 1.807) is 0 Å². The molecule has 0 amide bonds. The van der Waals surface area contributed by atoms with Crippen molar-refractivity contribution in [1.82, 2.24) is 0 Å². The number of nitrogens with zero attached hydrogens (tertiary/aromatic N) is 1. The fourth-order valence-corrected chi connectivity index (χ4v) is 3.47. The molecular formula is C12H11F2NO3S. The smallest absolute Gasteiger partial charge is 0.167 e. The molecule has 1 saturated carbocycles. The maximum Gasteiger partial charge on any atom is 0.167 e. The molecule has 1 aliphatic rings. The van der Waals surface area contributed by atoms with Gasteiger partial charge in [0.2, 0.25) is 0 Å². The molecule has 1 aromatic rings. The molecule has 4 nitrogen and oxygen atoms in total. The highest BCUT2D eigenvalue weighted by Crippen LogP contribution is 2.50. The molecular weight excluding hydrogens is 276 g/mol. The molecule has 102 valence electrons. The van der Waals surface area contributed by atoms with Crippen LogP contribution in [0.15, 0.2) is 18.2 Å². The van der Waals surface area contributed by atoms with E-state index in [9.17, 15) is 17.2 Å². The monoisotopic (exact) mass is 287 g/mol. The maximum atomic E-state index is 13.3. The van der Waals surface area contributed by atoms with Gasteiger partial charge in [-0.3, -0.25) is 0 Å². The van der Waals surface area contributed by atoms with Gasteiger partial charge in [0, 0.05) is 12.3 Å². The molecule has 2 atom stereocenters. The Kier molecular flexibility index (Phi) is 3.22. The van der Waals surface area contributed by atoms with Gasteiger partial charge in [-0.15, -0.1) is 0 Å². The van der Waals surface area contributed by atoms with Crippen LogP contribution in [0.4, 0.5) is 8.78 Å².